The van der Waals surface area contributed by atoms with E-state index >= 15 is 0 Å². The molecule has 1 heterocycles. The monoisotopic (exact) mass is 362 g/mol. The molecule has 0 radical (unpaired) electrons. The second kappa shape index (κ2) is 7.02. The lowest BCUT2D eigenvalue weighted by Gasteiger charge is -2.07. The Balaban J connectivity index is 1.76. The molecule has 8 heteroatoms. The summed E-state index contributed by atoms with van der Waals surface area (Å²) in [5, 5.41) is 2.61. The van der Waals surface area contributed by atoms with Gasteiger partial charge >= 0.3 is 10.0 Å². The van der Waals surface area contributed by atoms with E-state index in [2.05, 4.69) is 15.0 Å². The zero-order valence-electron chi connectivity index (χ0n) is 13.3. The first-order chi connectivity index (χ1) is 11.9. The first-order valence-corrected chi connectivity index (χ1v) is 9.22. The average Bonchev–Trinajstić information content (AvgIpc) is 3.08. The second-order valence-electron chi connectivity index (χ2n) is 5.60. The van der Waals surface area contributed by atoms with Crippen molar-refractivity contribution in [3.63, 3.8) is 0 Å². The normalized spacial score (nSPS) is 14.0. The third-order valence-electron chi connectivity index (χ3n) is 3.71. The summed E-state index contributed by atoms with van der Waals surface area (Å²) < 4.78 is 40.2. The summed E-state index contributed by atoms with van der Waals surface area (Å²) in [7, 11) is -3.72. The van der Waals surface area contributed by atoms with Gasteiger partial charge in [-0.05, 0) is 48.9 Å². The molecule has 0 saturated heterocycles. The van der Waals surface area contributed by atoms with E-state index in [4.69, 9.17) is 0 Å². The summed E-state index contributed by atoms with van der Waals surface area (Å²) in [6.45, 7) is 0.742. The first-order valence-electron chi connectivity index (χ1n) is 7.73. The molecule has 1 aliphatic rings. The smallest absolute Gasteiger partial charge is 0.322 e. The van der Waals surface area contributed by atoms with Crippen LogP contribution in [0.5, 0.6) is 0 Å². The van der Waals surface area contributed by atoms with E-state index in [1.54, 1.807) is 12.1 Å². The van der Waals surface area contributed by atoms with Crippen LogP contribution in [-0.4, -0.2) is 26.7 Å². The Morgan fingerprint density at radius 3 is 2.56 bits per heavy atom. The number of rotatable bonds is 4. The third-order valence-corrected chi connectivity index (χ3v) is 5.10. The van der Waals surface area contributed by atoms with E-state index in [1.165, 1.54) is 36.4 Å². The molecule has 0 aromatic heterocycles. The molecule has 0 aliphatic carbocycles. The minimum atomic E-state index is -3.72. The number of halogens is 1. The van der Waals surface area contributed by atoms with E-state index in [9.17, 15) is 17.6 Å². The highest BCUT2D eigenvalue weighted by Gasteiger charge is 2.24. The molecule has 0 bridgehead atoms. The fraction of sp³-hybridized carbons (Fsp3) is 0.176. The summed E-state index contributed by atoms with van der Waals surface area (Å²) in [6, 6.07) is 11.0. The Hall–Kier alpha value is -2.74. The van der Waals surface area contributed by atoms with Crippen molar-refractivity contribution in [1.82, 2.24) is 4.72 Å². The van der Waals surface area contributed by atoms with Crippen LogP contribution < -0.4 is 15.0 Å². The average molecular weight is 362 g/mol. The van der Waals surface area contributed by atoms with Crippen LogP contribution in [0.25, 0.3) is 0 Å². The van der Waals surface area contributed by atoms with Crippen LogP contribution in [0.2, 0.25) is 0 Å². The molecule has 1 aliphatic heterocycles. The van der Waals surface area contributed by atoms with Crippen molar-refractivity contribution < 1.29 is 22.6 Å². The van der Waals surface area contributed by atoms with Gasteiger partial charge in [0.2, 0.25) is 0 Å². The van der Waals surface area contributed by atoms with E-state index < -0.39 is 21.7 Å². The quantitative estimate of drug-likeness (QED) is 0.745. The van der Waals surface area contributed by atoms with Crippen molar-refractivity contribution in [1.29, 1.82) is 0 Å². The SMILES string of the molecule is O=C(Nc1cccc(S(=O)(=O)NC2=[NH+]CCC2)c1)c1ccc(F)cc1. The summed E-state index contributed by atoms with van der Waals surface area (Å²) >= 11 is 0. The molecule has 0 atom stereocenters. The Morgan fingerprint density at radius 1 is 1.12 bits per heavy atom. The van der Waals surface area contributed by atoms with Crippen molar-refractivity contribution in [2.45, 2.75) is 17.7 Å². The van der Waals surface area contributed by atoms with Gasteiger partial charge in [-0.3, -0.25) is 9.79 Å². The highest BCUT2D eigenvalue weighted by Crippen LogP contribution is 2.16. The van der Waals surface area contributed by atoms with Crippen LogP contribution in [0.4, 0.5) is 10.1 Å². The number of carbonyl (C=O) groups is 1. The number of sulfonamides is 1. The maximum absolute atomic E-state index is 12.9. The van der Waals surface area contributed by atoms with Crippen LogP contribution in [0.15, 0.2) is 53.4 Å². The molecular formula is C17H17FN3O3S+. The van der Waals surface area contributed by atoms with E-state index in [-0.39, 0.29) is 10.5 Å². The van der Waals surface area contributed by atoms with Crippen LogP contribution in [0.1, 0.15) is 23.2 Å². The van der Waals surface area contributed by atoms with Gasteiger partial charge in [-0.1, -0.05) is 6.07 Å². The predicted molar refractivity (Wildman–Crippen MR) is 91.2 cm³/mol. The molecule has 2 aromatic rings. The fourth-order valence-corrected chi connectivity index (χ4v) is 3.60. The number of benzene rings is 2. The summed E-state index contributed by atoms with van der Waals surface area (Å²) in [5.74, 6) is -0.316. The molecule has 25 heavy (non-hydrogen) atoms. The van der Waals surface area contributed by atoms with Gasteiger partial charge in [0.05, 0.1) is 13.0 Å². The van der Waals surface area contributed by atoms with Crippen LogP contribution in [0.3, 0.4) is 0 Å². The number of hydrogen-bond acceptors (Lipinski definition) is 3. The lowest BCUT2D eigenvalue weighted by atomic mass is 10.2. The van der Waals surface area contributed by atoms with E-state index in [0.29, 0.717) is 17.9 Å². The van der Waals surface area contributed by atoms with Crippen LogP contribution in [-0.2, 0) is 10.0 Å². The molecule has 0 unspecified atom stereocenters. The number of anilines is 1. The van der Waals surface area contributed by atoms with Gasteiger partial charge in [-0.2, -0.15) is 13.1 Å². The van der Waals surface area contributed by atoms with Gasteiger partial charge in [0.15, 0.2) is 0 Å². The van der Waals surface area contributed by atoms with Gasteiger partial charge in [-0.25, -0.2) is 4.39 Å². The Morgan fingerprint density at radius 2 is 1.88 bits per heavy atom. The van der Waals surface area contributed by atoms with E-state index in [0.717, 1.165) is 13.0 Å². The van der Waals surface area contributed by atoms with Crippen molar-refractivity contribution in [3.05, 3.63) is 59.9 Å². The predicted octanol–water partition coefficient (Wildman–Crippen LogP) is 0.629. The fourth-order valence-electron chi connectivity index (χ4n) is 2.45. The number of nitrogens with one attached hydrogen (secondary N) is 3. The lowest BCUT2D eigenvalue weighted by Crippen LogP contribution is -2.72. The minimum absolute atomic E-state index is 0.0469. The van der Waals surface area contributed by atoms with E-state index in [1.807, 2.05) is 0 Å². The van der Waals surface area contributed by atoms with Crippen molar-refractivity contribution in [2.75, 3.05) is 11.9 Å². The zero-order valence-corrected chi connectivity index (χ0v) is 14.1. The number of hydrogen-bond donors (Lipinski definition) is 3. The van der Waals surface area contributed by atoms with Gasteiger partial charge < -0.3 is 5.32 Å². The Bertz CT molecular complexity index is 924. The minimum Gasteiger partial charge on any atom is -0.322 e. The number of amidine groups is 1. The largest absolute Gasteiger partial charge is 0.328 e. The molecule has 130 valence electrons. The maximum atomic E-state index is 12.9. The highest BCUT2D eigenvalue weighted by atomic mass is 32.2. The summed E-state index contributed by atoms with van der Waals surface area (Å²) in [5.41, 5.74) is 0.611. The van der Waals surface area contributed by atoms with Gasteiger partial charge in [0, 0.05) is 11.3 Å². The van der Waals surface area contributed by atoms with Gasteiger partial charge in [0.1, 0.15) is 10.7 Å². The molecule has 0 spiro atoms. The Labute approximate surface area is 144 Å². The number of carbonyl (C=O) groups excluding carboxylic acids is 1. The third kappa shape index (κ3) is 4.21. The molecule has 1 amide bonds. The summed E-state index contributed by atoms with van der Waals surface area (Å²) in [4.78, 5) is 15.2. The molecule has 6 nitrogen and oxygen atoms in total. The maximum Gasteiger partial charge on any atom is 0.328 e. The van der Waals surface area contributed by atoms with Crippen molar-refractivity contribution >= 4 is 27.5 Å². The molecule has 3 rings (SSSR count). The van der Waals surface area contributed by atoms with Crippen molar-refractivity contribution in [3.8, 4) is 0 Å². The molecule has 2 aromatic carbocycles. The number of amides is 1. The van der Waals surface area contributed by atoms with Crippen molar-refractivity contribution in [2.24, 2.45) is 0 Å². The lowest BCUT2D eigenvalue weighted by molar-refractivity contribution is -0.448. The topological polar surface area (TPSA) is 89.2 Å². The molecular weight excluding hydrogens is 345 g/mol. The highest BCUT2D eigenvalue weighted by molar-refractivity contribution is 7.90. The van der Waals surface area contributed by atoms with Crippen LogP contribution in [0, 0.1) is 5.82 Å². The van der Waals surface area contributed by atoms with Gasteiger partial charge in [-0.15, -0.1) is 0 Å². The standard InChI is InChI=1S/C17H16FN3O3S/c18-13-8-6-12(7-9-13)17(22)20-14-3-1-4-15(11-14)25(23,24)21-16-5-2-10-19-16/h1,3-4,6-9,11H,2,5,10H2,(H,19,21)(H,20,22)/p+1. The second-order valence-corrected chi connectivity index (χ2v) is 7.29. The summed E-state index contributed by atoms with van der Waals surface area (Å²) in [6.07, 6.45) is 1.53. The molecule has 3 N–H and O–H groups in total. The van der Waals surface area contributed by atoms with Crippen LogP contribution >= 0.6 is 0 Å². The van der Waals surface area contributed by atoms with Gasteiger partial charge in [0.25, 0.3) is 11.7 Å². The molecule has 0 saturated carbocycles. The zero-order chi connectivity index (χ0) is 17.9. The first kappa shape index (κ1) is 17.1. The molecule has 0 fully saturated rings. The Kier molecular flexibility index (Phi) is 4.80.